The predicted octanol–water partition coefficient (Wildman–Crippen LogP) is 4.20. The second-order valence-corrected chi connectivity index (χ2v) is 10.4. The van der Waals surface area contributed by atoms with Gasteiger partial charge in [-0.3, -0.25) is 24.5 Å². The second-order valence-electron chi connectivity index (χ2n) is 10.4. The van der Waals surface area contributed by atoms with E-state index in [0.717, 1.165) is 32.5 Å². The Bertz CT molecular complexity index is 1660. The van der Waals surface area contributed by atoms with Crippen LogP contribution in [0.2, 0.25) is 0 Å². The Kier molecular flexibility index (Phi) is 5.73. The van der Waals surface area contributed by atoms with Crippen LogP contribution in [-0.4, -0.2) is 39.2 Å². The van der Waals surface area contributed by atoms with Crippen LogP contribution in [0.4, 0.5) is 5.69 Å². The standard InChI is InChI=1S/C31H27N3O5/c1-17-7-3-4-8-22(17)27-25-26(29(37)34(28(25)36)21-13-11-19(12-14-21)18(2)35)31(33-27,30(38)39)15-20-16-32-24-10-6-5-9-23(20)24/h3-14,16,25-27,32-33H,15H2,1-2H3,(H,38,39). The van der Waals surface area contributed by atoms with Crippen LogP contribution < -0.4 is 10.2 Å². The number of H-pyrrole nitrogens is 1. The number of carboxylic acids is 1. The van der Waals surface area contributed by atoms with Gasteiger partial charge >= 0.3 is 5.97 Å². The second kappa shape index (κ2) is 9.03. The van der Waals surface area contributed by atoms with Gasteiger partial charge in [-0.05, 0) is 60.9 Å². The molecule has 2 aliphatic rings. The Morgan fingerprint density at radius 3 is 2.33 bits per heavy atom. The summed E-state index contributed by atoms with van der Waals surface area (Å²) in [4.78, 5) is 57.4. The molecule has 0 bridgehead atoms. The average Bonchev–Trinajstić information content (AvgIpc) is 3.57. The van der Waals surface area contributed by atoms with Crippen LogP contribution in [0.1, 0.15) is 40.0 Å². The smallest absolute Gasteiger partial charge is 0.325 e. The maximum Gasteiger partial charge on any atom is 0.325 e. The van der Waals surface area contributed by atoms with E-state index in [1.807, 2.05) is 55.5 Å². The molecule has 3 aromatic carbocycles. The minimum absolute atomic E-state index is 0.00598. The van der Waals surface area contributed by atoms with Gasteiger partial charge in [0.25, 0.3) is 0 Å². The molecule has 2 fully saturated rings. The van der Waals surface area contributed by atoms with E-state index in [-0.39, 0.29) is 12.2 Å². The molecule has 4 atom stereocenters. The number of aromatic amines is 1. The number of para-hydroxylation sites is 1. The number of imide groups is 1. The largest absolute Gasteiger partial charge is 0.480 e. The third-order valence-electron chi connectivity index (χ3n) is 8.24. The van der Waals surface area contributed by atoms with E-state index in [2.05, 4.69) is 10.3 Å². The van der Waals surface area contributed by atoms with Crippen LogP contribution >= 0.6 is 0 Å². The van der Waals surface area contributed by atoms with Gasteiger partial charge in [-0.15, -0.1) is 0 Å². The number of hydrogen-bond donors (Lipinski definition) is 3. The van der Waals surface area contributed by atoms with Gasteiger partial charge in [0.1, 0.15) is 5.54 Å². The molecule has 4 aromatic rings. The van der Waals surface area contributed by atoms with Crippen LogP contribution in [0.15, 0.2) is 79.0 Å². The van der Waals surface area contributed by atoms with Crippen molar-refractivity contribution in [1.82, 2.24) is 10.3 Å². The Labute approximate surface area is 224 Å². The van der Waals surface area contributed by atoms with Crippen molar-refractivity contribution >= 4 is 40.2 Å². The highest BCUT2D eigenvalue weighted by atomic mass is 16.4. The van der Waals surface area contributed by atoms with Crippen LogP contribution in [-0.2, 0) is 20.8 Å². The number of carboxylic acid groups (broad SMARTS) is 1. The summed E-state index contributed by atoms with van der Waals surface area (Å²) in [5, 5.41) is 14.9. The zero-order chi connectivity index (χ0) is 27.5. The van der Waals surface area contributed by atoms with Crippen molar-refractivity contribution in [3.05, 3.63) is 101 Å². The first kappa shape index (κ1) is 24.8. The number of aliphatic carboxylic acids is 1. The van der Waals surface area contributed by atoms with Crippen molar-refractivity contribution in [1.29, 1.82) is 0 Å². The summed E-state index contributed by atoms with van der Waals surface area (Å²) in [6.07, 6.45) is 1.78. The lowest BCUT2D eigenvalue weighted by Gasteiger charge is -2.31. The Morgan fingerprint density at radius 2 is 1.64 bits per heavy atom. The van der Waals surface area contributed by atoms with Gasteiger partial charge in [0.15, 0.2) is 5.78 Å². The van der Waals surface area contributed by atoms with Gasteiger partial charge < -0.3 is 10.1 Å². The van der Waals surface area contributed by atoms with Crippen LogP contribution in [0.25, 0.3) is 10.9 Å². The molecule has 6 rings (SSSR count). The molecule has 1 aromatic heterocycles. The van der Waals surface area contributed by atoms with E-state index < -0.39 is 41.2 Å². The summed E-state index contributed by atoms with van der Waals surface area (Å²) in [7, 11) is 0. The first-order valence-corrected chi connectivity index (χ1v) is 12.8. The maximum absolute atomic E-state index is 14.1. The van der Waals surface area contributed by atoms with Crippen molar-refractivity contribution in [3.8, 4) is 0 Å². The summed E-state index contributed by atoms with van der Waals surface area (Å²) >= 11 is 0. The minimum Gasteiger partial charge on any atom is -0.480 e. The summed E-state index contributed by atoms with van der Waals surface area (Å²) in [6.45, 7) is 3.35. The molecule has 2 aliphatic heterocycles. The molecule has 3 heterocycles. The van der Waals surface area contributed by atoms with Gasteiger partial charge in [0.2, 0.25) is 11.8 Å². The Balaban J connectivity index is 1.50. The molecule has 8 heteroatoms. The number of nitrogens with zero attached hydrogens (tertiary/aromatic N) is 1. The number of aryl methyl sites for hydroxylation is 1. The third-order valence-corrected chi connectivity index (χ3v) is 8.24. The molecule has 4 unspecified atom stereocenters. The fourth-order valence-corrected chi connectivity index (χ4v) is 6.32. The van der Waals surface area contributed by atoms with E-state index in [0.29, 0.717) is 11.3 Å². The van der Waals surface area contributed by atoms with Crippen molar-refractivity contribution in [2.24, 2.45) is 11.8 Å². The number of rotatable bonds is 6. The van der Waals surface area contributed by atoms with E-state index in [1.165, 1.54) is 6.92 Å². The van der Waals surface area contributed by atoms with Gasteiger partial charge in [-0.2, -0.15) is 0 Å². The van der Waals surface area contributed by atoms with E-state index in [1.54, 1.807) is 30.5 Å². The highest BCUT2D eigenvalue weighted by molar-refractivity contribution is 6.24. The van der Waals surface area contributed by atoms with E-state index >= 15 is 0 Å². The number of hydrogen-bond acceptors (Lipinski definition) is 5. The monoisotopic (exact) mass is 521 g/mol. The first-order valence-electron chi connectivity index (χ1n) is 12.8. The van der Waals surface area contributed by atoms with Crippen molar-refractivity contribution in [3.63, 3.8) is 0 Å². The lowest BCUT2D eigenvalue weighted by Crippen LogP contribution is -2.57. The van der Waals surface area contributed by atoms with Gasteiger partial charge in [0.05, 0.1) is 17.5 Å². The van der Waals surface area contributed by atoms with Crippen molar-refractivity contribution < 1.29 is 24.3 Å². The molecule has 0 aliphatic carbocycles. The topological polar surface area (TPSA) is 120 Å². The minimum atomic E-state index is -1.73. The van der Waals surface area contributed by atoms with E-state index in [4.69, 9.17) is 0 Å². The zero-order valence-corrected chi connectivity index (χ0v) is 21.5. The number of carbonyl (C=O) groups is 4. The Hall–Kier alpha value is -4.56. The van der Waals surface area contributed by atoms with Crippen LogP contribution in [0.3, 0.4) is 0 Å². The molecule has 196 valence electrons. The van der Waals surface area contributed by atoms with Gasteiger partial charge in [0, 0.05) is 35.1 Å². The molecule has 39 heavy (non-hydrogen) atoms. The summed E-state index contributed by atoms with van der Waals surface area (Å²) in [5.74, 6) is -4.41. The number of benzene rings is 3. The number of aromatic nitrogens is 1. The number of Topliss-reactive ketones (excluding diaryl/α,β-unsaturated/α-hetero) is 1. The molecule has 8 nitrogen and oxygen atoms in total. The fraction of sp³-hybridized carbons (Fsp3) is 0.226. The molecular formula is C31H27N3O5. The molecular weight excluding hydrogens is 494 g/mol. The highest BCUT2D eigenvalue weighted by Gasteiger charge is 2.68. The number of fused-ring (bicyclic) bond motifs is 2. The zero-order valence-electron chi connectivity index (χ0n) is 21.5. The van der Waals surface area contributed by atoms with Crippen LogP contribution in [0.5, 0.6) is 0 Å². The van der Waals surface area contributed by atoms with Crippen LogP contribution in [0, 0.1) is 18.8 Å². The lowest BCUT2D eigenvalue weighted by atomic mass is 9.76. The number of ketones is 1. The number of nitrogens with one attached hydrogen (secondary N) is 2. The summed E-state index contributed by atoms with van der Waals surface area (Å²) in [5.41, 5.74) is 2.32. The summed E-state index contributed by atoms with van der Waals surface area (Å²) < 4.78 is 0. The van der Waals surface area contributed by atoms with E-state index in [9.17, 15) is 24.3 Å². The molecule has 0 saturated carbocycles. The SMILES string of the molecule is CC(=O)c1ccc(N2C(=O)C3C(c4ccccc4C)NC(Cc4c[nH]c5ccccc45)(C(=O)O)C3C2=O)cc1. The maximum atomic E-state index is 14.1. The lowest BCUT2D eigenvalue weighted by molar-refractivity contribution is -0.148. The third kappa shape index (κ3) is 3.71. The normalized spacial score (nSPS) is 24.4. The highest BCUT2D eigenvalue weighted by Crippen LogP contribution is 2.51. The predicted molar refractivity (Wildman–Crippen MR) is 145 cm³/mol. The quantitative estimate of drug-likeness (QED) is 0.259. The summed E-state index contributed by atoms with van der Waals surface area (Å²) in [6, 6.07) is 20.7. The van der Waals surface area contributed by atoms with Gasteiger partial charge in [-0.1, -0.05) is 42.5 Å². The number of carbonyl (C=O) groups excluding carboxylic acids is 3. The number of amides is 2. The first-order chi connectivity index (χ1) is 18.7. The van der Waals surface area contributed by atoms with Crippen molar-refractivity contribution in [2.75, 3.05) is 4.90 Å². The average molecular weight is 522 g/mol. The molecule has 0 radical (unpaired) electrons. The molecule has 3 N–H and O–H groups in total. The van der Waals surface area contributed by atoms with Crippen molar-refractivity contribution in [2.45, 2.75) is 31.8 Å². The fourth-order valence-electron chi connectivity index (χ4n) is 6.32. The molecule has 0 spiro atoms. The molecule has 2 amide bonds. The van der Waals surface area contributed by atoms with Gasteiger partial charge in [-0.25, -0.2) is 4.90 Å². The molecule has 2 saturated heterocycles. The Morgan fingerprint density at radius 1 is 0.949 bits per heavy atom. The number of anilines is 1.